The second-order valence-electron chi connectivity index (χ2n) is 6.57. The van der Waals surface area contributed by atoms with E-state index in [1.54, 1.807) is 28.4 Å². The first-order chi connectivity index (χ1) is 12.7. The van der Waals surface area contributed by atoms with Crippen molar-refractivity contribution in [3.05, 3.63) is 53.3 Å². The highest BCUT2D eigenvalue weighted by atomic mass is 32.1. The number of hydrogen-bond donors (Lipinski definition) is 0. The van der Waals surface area contributed by atoms with E-state index in [2.05, 4.69) is 16.1 Å². The van der Waals surface area contributed by atoms with Gasteiger partial charge in [-0.3, -0.25) is 14.5 Å². The van der Waals surface area contributed by atoms with Crippen molar-refractivity contribution in [3.8, 4) is 0 Å². The van der Waals surface area contributed by atoms with E-state index in [0.717, 1.165) is 40.9 Å². The Kier molecular flexibility index (Phi) is 3.49. The number of rotatable bonds is 2. The van der Waals surface area contributed by atoms with E-state index in [0.29, 0.717) is 5.56 Å². The predicted octanol–water partition coefficient (Wildman–Crippen LogP) is 3.56. The molecule has 0 radical (unpaired) electrons. The number of aromatic nitrogens is 4. The van der Waals surface area contributed by atoms with Crippen molar-refractivity contribution in [2.75, 3.05) is 6.54 Å². The van der Waals surface area contributed by atoms with Crippen molar-refractivity contribution in [1.29, 1.82) is 0 Å². The van der Waals surface area contributed by atoms with Crippen LogP contribution in [0.5, 0.6) is 0 Å². The Labute approximate surface area is 154 Å². The van der Waals surface area contributed by atoms with Gasteiger partial charge in [-0.2, -0.15) is 5.10 Å². The SMILES string of the molecule is Cn1ncc2ncc(C(=O)N3CCCC3c3nc4ccccc4s3)cc21. The van der Waals surface area contributed by atoms with Gasteiger partial charge >= 0.3 is 0 Å². The molecule has 4 heterocycles. The zero-order valence-electron chi connectivity index (χ0n) is 14.3. The van der Waals surface area contributed by atoms with Crippen LogP contribution >= 0.6 is 11.3 Å². The van der Waals surface area contributed by atoms with Crippen LogP contribution in [0.1, 0.15) is 34.2 Å². The van der Waals surface area contributed by atoms with E-state index in [1.165, 1.54) is 4.70 Å². The first-order valence-electron chi connectivity index (χ1n) is 8.65. The normalized spacial score (nSPS) is 17.4. The molecule has 0 bridgehead atoms. The van der Waals surface area contributed by atoms with Gasteiger partial charge in [-0.05, 0) is 31.0 Å². The summed E-state index contributed by atoms with van der Waals surface area (Å²) >= 11 is 1.68. The molecule has 3 aromatic heterocycles. The number of likely N-dealkylation sites (tertiary alicyclic amines) is 1. The van der Waals surface area contributed by atoms with Crippen molar-refractivity contribution < 1.29 is 4.79 Å². The molecule has 130 valence electrons. The smallest absolute Gasteiger partial charge is 0.256 e. The molecule has 1 amide bonds. The molecule has 5 rings (SSSR count). The van der Waals surface area contributed by atoms with Crippen molar-refractivity contribution in [2.45, 2.75) is 18.9 Å². The fourth-order valence-corrected chi connectivity index (χ4v) is 4.72. The molecule has 1 unspecified atom stereocenters. The number of carbonyl (C=O) groups excluding carboxylic acids is 1. The highest BCUT2D eigenvalue weighted by Gasteiger charge is 2.33. The molecular weight excluding hydrogens is 346 g/mol. The van der Waals surface area contributed by atoms with Gasteiger partial charge in [0.2, 0.25) is 0 Å². The van der Waals surface area contributed by atoms with Crippen LogP contribution in [-0.4, -0.2) is 37.1 Å². The fraction of sp³-hybridized carbons (Fsp3) is 0.263. The van der Waals surface area contributed by atoms with Crippen LogP contribution in [0.3, 0.4) is 0 Å². The first kappa shape index (κ1) is 15.5. The van der Waals surface area contributed by atoms with Crippen LogP contribution in [0, 0.1) is 0 Å². The van der Waals surface area contributed by atoms with Crippen LogP contribution in [-0.2, 0) is 7.05 Å². The minimum absolute atomic E-state index is 0.0161. The Morgan fingerprint density at radius 3 is 3.00 bits per heavy atom. The van der Waals surface area contributed by atoms with Crippen molar-refractivity contribution in [2.24, 2.45) is 7.05 Å². The second-order valence-corrected chi connectivity index (χ2v) is 7.64. The second kappa shape index (κ2) is 5.88. The number of pyridine rings is 1. The highest BCUT2D eigenvalue weighted by molar-refractivity contribution is 7.18. The molecular formula is C19H17N5OS. The van der Waals surface area contributed by atoms with Gasteiger partial charge in [0.25, 0.3) is 5.91 Å². The lowest BCUT2D eigenvalue weighted by Gasteiger charge is -2.23. The zero-order chi connectivity index (χ0) is 17.7. The Morgan fingerprint density at radius 2 is 2.12 bits per heavy atom. The first-order valence-corrected chi connectivity index (χ1v) is 9.46. The number of amides is 1. The largest absolute Gasteiger partial charge is 0.329 e. The van der Waals surface area contributed by atoms with Gasteiger partial charge in [-0.15, -0.1) is 11.3 Å². The summed E-state index contributed by atoms with van der Waals surface area (Å²) in [5.41, 5.74) is 3.28. The number of benzene rings is 1. The van der Waals surface area contributed by atoms with E-state index in [1.807, 2.05) is 36.2 Å². The number of aryl methyl sites for hydroxylation is 1. The summed E-state index contributed by atoms with van der Waals surface area (Å²) in [6.45, 7) is 0.753. The molecule has 4 aromatic rings. The summed E-state index contributed by atoms with van der Waals surface area (Å²) in [7, 11) is 1.86. The Bertz CT molecular complexity index is 1100. The number of para-hydroxylation sites is 1. The number of carbonyl (C=O) groups is 1. The van der Waals surface area contributed by atoms with Crippen LogP contribution in [0.4, 0.5) is 0 Å². The van der Waals surface area contributed by atoms with Crippen molar-refractivity contribution in [1.82, 2.24) is 24.6 Å². The van der Waals surface area contributed by atoms with Crippen LogP contribution in [0.2, 0.25) is 0 Å². The Morgan fingerprint density at radius 1 is 1.23 bits per heavy atom. The standard InChI is InChI=1S/C19H17N5OS/c1-23-16-9-12(10-20-14(16)11-21-23)19(25)24-8-4-6-15(24)18-22-13-5-2-3-7-17(13)26-18/h2-3,5,7,9-11,15H,4,6,8H2,1H3. The van der Waals surface area contributed by atoms with Gasteiger partial charge < -0.3 is 4.90 Å². The van der Waals surface area contributed by atoms with Gasteiger partial charge in [0.15, 0.2) is 0 Å². The van der Waals surface area contributed by atoms with E-state index < -0.39 is 0 Å². The monoisotopic (exact) mass is 363 g/mol. The predicted molar refractivity (Wildman–Crippen MR) is 101 cm³/mol. The van der Waals surface area contributed by atoms with Gasteiger partial charge in [0.1, 0.15) is 10.5 Å². The summed E-state index contributed by atoms with van der Waals surface area (Å²) in [6.07, 6.45) is 5.31. The molecule has 26 heavy (non-hydrogen) atoms. The summed E-state index contributed by atoms with van der Waals surface area (Å²) in [5.74, 6) is 0.0161. The molecule has 7 heteroatoms. The van der Waals surface area contributed by atoms with Gasteiger partial charge in [-0.25, -0.2) is 4.98 Å². The summed E-state index contributed by atoms with van der Waals surface area (Å²) in [4.78, 5) is 24.3. The molecule has 1 atom stereocenters. The molecule has 1 aromatic carbocycles. The van der Waals surface area contributed by atoms with E-state index in [-0.39, 0.29) is 11.9 Å². The van der Waals surface area contributed by atoms with Crippen LogP contribution in [0.15, 0.2) is 42.7 Å². The number of nitrogens with zero attached hydrogens (tertiary/aromatic N) is 5. The average molecular weight is 363 g/mol. The van der Waals surface area contributed by atoms with E-state index in [9.17, 15) is 4.79 Å². The maximum atomic E-state index is 13.2. The molecule has 0 N–H and O–H groups in total. The van der Waals surface area contributed by atoms with E-state index >= 15 is 0 Å². The average Bonchev–Trinajstić information content (AvgIpc) is 3.38. The maximum absolute atomic E-state index is 13.2. The lowest BCUT2D eigenvalue weighted by Crippen LogP contribution is -2.30. The van der Waals surface area contributed by atoms with Crippen LogP contribution < -0.4 is 0 Å². The molecule has 0 saturated carbocycles. The Balaban J connectivity index is 1.50. The number of thiazole rings is 1. The van der Waals surface area contributed by atoms with Crippen molar-refractivity contribution in [3.63, 3.8) is 0 Å². The molecule has 6 nitrogen and oxygen atoms in total. The minimum Gasteiger partial charge on any atom is -0.329 e. The van der Waals surface area contributed by atoms with E-state index in [4.69, 9.17) is 4.98 Å². The fourth-order valence-electron chi connectivity index (χ4n) is 3.61. The lowest BCUT2D eigenvalue weighted by atomic mass is 10.2. The molecule has 1 fully saturated rings. The highest BCUT2D eigenvalue weighted by Crippen LogP contribution is 2.37. The Hall–Kier alpha value is -2.80. The van der Waals surface area contributed by atoms with Gasteiger partial charge in [0, 0.05) is 19.8 Å². The maximum Gasteiger partial charge on any atom is 0.256 e. The van der Waals surface area contributed by atoms with Crippen molar-refractivity contribution >= 4 is 38.5 Å². The number of fused-ring (bicyclic) bond motifs is 2. The third-order valence-corrected chi connectivity index (χ3v) is 6.09. The third kappa shape index (κ3) is 2.39. The lowest BCUT2D eigenvalue weighted by molar-refractivity contribution is 0.0735. The molecule has 1 aliphatic heterocycles. The number of hydrogen-bond acceptors (Lipinski definition) is 5. The molecule has 0 spiro atoms. The quantitative estimate of drug-likeness (QED) is 0.546. The summed E-state index contributed by atoms with van der Waals surface area (Å²) in [6, 6.07) is 10.1. The molecule has 0 aliphatic carbocycles. The minimum atomic E-state index is 0.0161. The van der Waals surface area contributed by atoms with Gasteiger partial charge in [0.05, 0.1) is 33.5 Å². The molecule has 1 aliphatic rings. The van der Waals surface area contributed by atoms with Gasteiger partial charge in [-0.1, -0.05) is 12.1 Å². The zero-order valence-corrected chi connectivity index (χ0v) is 15.1. The summed E-state index contributed by atoms with van der Waals surface area (Å²) in [5, 5.41) is 5.22. The topological polar surface area (TPSA) is 63.9 Å². The third-order valence-electron chi connectivity index (χ3n) is 4.96. The van der Waals surface area contributed by atoms with Crippen LogP contribution in [0.25, 0.3) is 21.3 Å². The molecule has 1 saturated heterocycles. The summed E-state index contributed by atoms with van der Waals surface area (Å²) < 4.78 is 2.91.